The monoisotopic (exact) mass is 293 g/mol. The Bertz CT molecular complexity index is 433. The van der Waals surface area contributed by atoms with E-state index in [0.717, 1.165) is 25.0 Å². The van der Waals surface area contributed by atoms with E-state index in [9.17, 15) is 0 Å². The van der Waals surface area contributed by atoms with Crippen LogP contribution in [0.2, 0.25) is 0 Å². The molecule has 1 aromatic rings. The molecular weight excluding hydrogens is 266 g/mol. The number of nitrogens with one attached hydrogen (secondary N) is 1. The summed E-state index contributed by atoms with van der Waals surface area (Å²) in [7, 11) is 0. The molecule has 1 heterocycles. The number of ether oxygens (including phenoxy) is 1. The van der Waals surface area contributed by atoms with Crippen LogP contribution in [0, 0.1) is 6.92 Å². The first kappa shape index (κ1) is 15.9. The molecule has 0 atom stereocenters. The molecule has 2 rings (SSSR count). The highest BCUT2D eigenvalue weighted by Gasteiger charge is 2.16. The molecule has 0 radical (unpaired) electrons. The van der Waals surface area contributed by atoms with Gasteiger partial charge in [-0.3, -0.25) is 0 Å². The third-order valence-electron chi connectivity index (χ3n) is 3.52. The van der Waals surface area contributed by atoms with Crippen molar-refractivity contribution in [3.8, 4) is 0 Å². The first-order valence-electron chi connectivity index (χ1n) is 7.53. The van der Waals surface area contributed by atoms with Crippen LogP contribution in [-0.2, 0) is 11.3 Å². The van der Waals surface area contributed by atoms with Crippen LogP contribution >= 0.6 is 11.8 Å². The SMILES string of the molecule is Cc1cc(CNC(C)(C)C)ccc1SC1CCOCC1. The molecular formula is C17H27NOS. The van der Waals surface area contributed by atoms with Gasteiger partial charge in [-0.2, -0.15) is 0 Å². The van der Waals surface area contributed by atoms with E-state index in [1.165, 1.54) is 28.9 Å². The van der Waals surface area contributed by atoms with Crippen LogP contribution < -0.4 is 5.32 Å². The zero-order valence-corrected chi connectivity index (χ0v) is 14.0. The van der Waals surface area contributed by atoms with Crippen LogP contribution in [0.1, 0.15) is 44.7 Å². The van der Waals surface area contributed by atoms with Crippen molar-refractivity contribution in [1.29, 1.82) is 0 Å². The van der Waals surface area contributed by atoms with E-state index in [2.05, 4.69) is 51.2 Å². The quantitative estimate of drug-likeness (QED) is 0.901. The van der Waals surface area contributed by atoms with Crippen LogP contribution in [0.25, 0.3) is 0 Å². The average Bonchev–Trinajstić information content (AvgIpc) is 2.40. The molecule has 0 amide bonds. The third kappa shape index (κ3) is 5.12. The zero-order valence-electron chi connectivity index (χ0n) is 13.2. The van der Waals surface area contributed by atoms with Crippen molar-refractivity contribution in [3.63, 3.8) is 0 Å². The summed E-state index contributed by atoms with van der Waals surface area (Å²) in [4.78, 5) is 1.43. The maximum atomic E-state index is 5.43. The second-order valence-corrected chi connectivity index (χ2v) is 7.98. The van der Waals surface area contributed by atoms with Gasteiger partial charge in [0.1, 0.15) is 0 Å². The molecule has 112 valence electrons. The highest BCUT2D eigenvalue weighted by atomic mass is 32.2. The van der Waals surface area contributed by atoms with Crippen LogP contribution in [0.15, 0.2) is 23.1 Å². The molecule has 1 saturated heterocycles. The van der Waals surface area contributed by atoms with Gasteiger partial charge in [-0.15, -0.1) is 11.8 Å². The Hall–Kier alpha value is -0.510. The lowest BCUT2D eigenvalue weighted by atomic mass is 10.1. The van der Waals surface area contributed by atoms with E-state index in [4.69, 9.17) is 4.74 Å². The van der Waals surface area contributed by atoms with E-state index < -0.39 is 0 Å². The molecule has 0 saturated carbocycles. The molecule has 1 aliphatic rings. The average molecular weight is 293 g/mol. The van der Waals surface area contributed by atoms with Gasteiger partial charge in [0.05, 0.1) is 0 Å². The smallest absolute Gasteiger partial charge is 0.0476 e. The first-order valence-corrected chi connectivity index (χ1v) is 8.41. The van der Waals surface area contributed by atoms with E-state index in [1.807, 2.05) is 11.8 Å². The Labute approximate surface area is 127 Å². The molecule has 0 aromatic heterocycles. The van der Waals surface area contributed by atoms with Crippen molar-refractivity contribution < 1.29 is 4.74 Å². The molecule has 0 aliphatic carbocycles. The topological polar surface area (TPSA) is 21.3 Å². The highest BCUT2D eigenvalue weighted by Crippen LogP contribution is 2.32. The minimum absolute atomic E-state index is 0.170. The number of benzene rings is 1. The van der Waals surface area contributed by atoms with Gasteiger partial charge in [-0.25, -0.2) is 0 Å². The summed E-state index contributed by atoms with van der Waals surface area (Å²) < 4.78 is 5.43. The summed E-state index contributed by atoms with van der Waals surface area (Å²) in [5.74, 6) is 0. The fourth-order valence-corrected chi connectivity index (χ4v) is 3.47. The minimum Gasteiger partial charge on any atom is -0.381 e. The Balaban J connectivity index is 1.94. The van der Waals surface area contributed by atoms with E-state index in [0.29, 0.717) is 0 Å². The molecule has 0 bridgehead atoms. The summed E-state index contributed by atoms with van der Waals surface area (Å²) in [6, 6.07) is 6.86. The Morgan fingerprint density at radius 2 is 1.95 bits per heavy atom. The van der Waals surface area contributed by atoms with Gasteiger partial charge in [-0.05, 0) is 57.7 Å². The summed E-state index contributed by atoms with van der Waals surface area (Å²) in [6.07, 6.45) is 2.36. The van der Waals surface area contributed by atoms with Crippen LogP contribution in [-0.4, -0.2) is 24.0 Å². The zero-order chi connectivity index (χ0) is 14.6. The summed E-state index contributed by atoms with van der Waals surface area (Å²) in [5, 5.41) is 4.27. The number of hydrogen-bond acceptors (Lipinski definition) is 3. The third-order valence-corrected chi connectivity index (χ3v) is 5.04. The number of rotatable bonds is 4. The molecule has 1 fully saturated rings. The van der Waals surface area contributed by atoms with E-state index in [-0.39, 0.29) is 5.54 Å². The summed E-state index contributed by atoms with van der Waals surface area (Å²) in [5.41, 5.74) is 2.94. The summed E-state index contributed by atoms with van der Waals surface area (Å²) >= 11 is 2.02. The van der Waals surface area contributed by atoms with Gasteiger partial charge >= 0.3 is 0 Å². The minimum atomic E-state index is 0.170. The highest BCUT2D eigenvalue weighted by molar-refractivity contribution is 8.00. The van der Waals surface area contributed by atoms with Crippen molar-refractivity contribution in [1.82, 2.24) is 5.32 Å². The second kappa shape index (κ2) is 6.97. The Kier molecular flexibility index (Phi) is 5.53. The lowest BCUT2D eigenvalue weighted by Crippen LogP contribution is -2.35. The van der Waals surface area contributed by atoms with Crippen molar-refractivity contribution >= 4 is 11.8 Å². The van der Waals surface area contributed by atoms with Gasteiger partial charge in [-0.1, -0.05) is 12.1 Å². The van der Waals surface area contributed by atoms with Gasteiger partial charge in [0.15, 0.2) is 0 Å². The van der Waals surface area contributed by atoms with E-state index >= 15 is 0 Å². The Morgan fingerprint density at radius 1 is 1.25 bits per heavy atom. The maximum absolute atomic E-state index is 5.43. The molecule has 1 aromatic carbocycles. The van der Waals surface area contributed by atoms with Gasteiger partial charge in [0, 0.05) is 35.4 Å². The first-order chi connectivity index (χ1) is 9.44. The molecule has 20 heavy (non-hydrogen) atoms. The van der Waals surface area contributed by atoms with Crippen LogP contribution in [0.5, 0.6) is 0 Å². The van der Waals surface area contributed by atoms with Gasteiger partial charge in [0.25, 0.3) is 0 Å². The lowest BCUT2D eigenvalue weighted by Gasteiger charge is -2.23. The van der Waals surface area contributed by atoms with Crippen LogP contribution in [0.3, 0.4) is 0 Å². The maximum Gasteiger partial charge on any atom is 0.0476 e. The van der Waals surface area contributed by atoms with Crippen molar-refractivity contribution in [2.75, 3.05) is 13.2 Å². The predicted octanol–water partition coefficient (Wildman–Crippen LogP) is 4.15. The standard InChI is InChI=1S/C17H27NOS/c1-13-11-14(12-18-17(2,3)4)5-6-16(13)20-15-7-9-19-10-8-15/h5-6,11,15,18H,7-10,12H2,1-4H3. The number of aryl methyl sites for hydroxylation is 1. The molecule has 0 unspecified atom stereocenters. The fraction of sp³-hybridized carbons (Fsp3) is 0.647. The molecule has 1 N–H and O–H groups in total. The van der Waals surface area contributed by atoms with Gasteiger partial charge < -0.3 is 10.1 Å². The second-order valence-electron chi connectivity index (χ2n) is 6.63. The number of hydrogen-bond donors (Lipinski definition) is 1. The fourth-order valence-electron chi connectivity index (χ4n) is 2.29. The summed E-state index contributed by atoms with van der Waals surface area (Å²) in [6.45, 7) is 11.6. The van der Waals surface area contributed by atoms with Crippen molar-refractivity contribution in [2.24, 2.45) is 0 Å². The molecule has 1 aliphatic heterocycles. The van der Waals surface area contributed by atoms with Crippen molar-refractivity contribution in [2.45, 2.75) is 62.8 Å². The predicted molar refractivity (Wildman–Crippen MR) is 87.5 cm³/mol. The number of thioether (sulfide) groups is 1. The van der Waals surface area contributed by atoms with Gasteiger partial charge in [0.2, 0.25) is 0 Å². The normalized spacial score (nSPS) is 17.4. The molecule has 3 heteroatoms. The molecule has 0 spiro atoms. The lowest BCUT2D eigenvalue weighted by molar-refractivity contribution is 0.100. The Morgan fingerprint density at radius 3 is 2.55 bits per heavy atom. The van der Waals surface area contributed by atoms with Crippen LogP contribution in [0.4, 0.5) is 0 Å². The van der Waals surface area contributed by atoms with E-state index in [1.54, 1.807) is 0 Å². The van der Waals surface area contributed by atoms with Crippen molar-refractivity contribution in [3.05, 3.63) is 29.3 Å². The molecule has 2 nitrogen and oxygen atoms in total. The largest absolute Gasteiger partial charge is 0.381 e.